The zero-order valence-corrected chi connectivity index (χ0v) is 9.84. The Morgan fingerprint density at radius 1 is 1.47 bits per heavy atom. The van der Waals surface area contributed by atoms with Gasteiger partial charge in [-0.05, 0) is 6.92 Å². The van der Waals surface area contributed by atoms with Crippen molar-refractivity contribution in [1.82, 2.24) is 10.2 Å². The van der Waals surface area contributed by atoms with Crippen molar-refractivity contribution in [2.45, 2.75) is 13.3 Å². The van der Waals surface area contributed by atoms with Gasteiger partial charge in [0.1, 0.15) is 0 Å². The zero-order chi connectivity index (χ0) is 11.7. The molecule has 0 aromatic carbocycles. The van der Waals surface area contributed by atoms with Crippen LogP contribution in [0.25, 0.3) is 0 Å². The van der Waals surface area contributed by atoms with E-state index in [-0.39, 0.29) is 18.2 Å². The molecule has 0 aliphatic rings. The lowest BCUT2D eigenvalue weighted by Gasteiger charge is -2.16. The van der Waals surface area contributed by atoms with Gasteiger partial charge in [-0.1, -0.05) is 0 Å². The predicted octanol–water partition coefficient (Wildman–Crippen LogP) is 0.820. The predicted molar refractivity (Wildman–Crippen MR) is 58.0 cm³/mol. The topological polar surface area (TPSA) is 58.6 Å². The fraction of sp³-hybridized carbons (Fsp3) is 0.778. The van der Waals surface area contributed by atoms with Crippen molar-refractivity contribution in [3.05, 3.63) is 0 Å². The second kappa shape index (κ2) is 8.49. The Labute approximate surface area is 94.7 Å². The average Bonchev–Trinajstić information content (AvgIpc) is 2.18. The Kier molecular flexibility index (Phi) is 8.04. The van der Waals surface area contributed by atoms with E-state index in [0.29, 0.717) is 19.8 Å². The third-order valence-corrected chi connectivity index (χ3v) is 1.88. The fourth-order valence-corrected chi connectivity index (χ4v) is 0.982. The highest BCUT2D eigenvalue weighted by atomic mass is 35.5. The summed E-state index contributed by atoms with van der Waals surface area (Å²) in [4.78, 5) is 23.7. The molecule has 6 heteroatoms. The van der Waals surface area contributed by atoms with Gasteiger partial charge in [-0.3, -0.25) is 10.1 Å². The summed E-state index contributed by atoms with van der Waals surface area (Å²) in [7, 11) is 1.60. The Morgan fingerprint density at radius 3 is 2.67 bits per heavy atom. The first-order valence-electron chi connectivity index (χ1n) is 4.80. The van der Waals surface area contributed by atoms with Crippen molar-refractivity contribution in [1.29, 1.82) is 0 Å². The third kappa shape index (κ3) is 7.16. The Hall–Kier alpha value is -0.810. The van der Waals surface area contributed by atoms with Crippen LogP contribution in [0.1, 0.15) is 13.3 Å². The number of carbonyl (C=O) groups is 2. The van der Waals surface area contributed by atoms with E-state index in [1.54, 1.807) is 7.05 Å². The molecule has 0 atom stereocenters. The zero-order valence-electron chi connectivity index (χ0n) is 9.09. The molecule has 0 saturated heterocycles. The summed E-state index contributed by atoms with van der Waals surface area (Å²) in [5.74, 6) is -0.153. The summed E-state index contributed by atoms with van der Waals surface area (Å²) in [6.45, 7) is 3.41. The first kappa shape index (κ1) is 14.2. The van der Waals surface area contributed by atoms with E-state index in [2.05, 4.69) is 5.32 Å². The van der Waals surface area contributed by atoms with Gasteiger partial charge in [0.15, 0.2) is 0 Å². The number of urea groups is 1. The van der Waals surface area contributed by atoms with E-state index in [1.165, 1.54) is 4.90 Å². The van der Waals surface area contributed by atoms with Crippen LogP contribution in [0.3, 0.4) is 0 Å². The number of amides is 3. The van der Waals surface area contributed by atoms with Crippen molar-refractivity contribution < 1.29 is 14.3 Å². The number of carbonyl (C=O) groups excluding carboxylic acids is 2. The number of halogens is 1. The molecule has 5 nitrogen and oxygen atoms in total. The van der Waals surface area contributed by atoms with Crippen LogP contribution in [0.2, 0.25) is 0 Å². The number of hydrogen-bond donors (Lipinski definition) is 1. The van der Waals surface area contributed by atoms with Gasteiger partial charge < -0.3 is 9.64 Å². The normalized spacial score (nSPS) is 9.80. The minimum absolute atomic E-state index is 0.145. The van der Waals surface area contributed by atoms with Crippen molar-refractivity contribution in [2.75, 3.05) is 32.7 Å². The maximum atomic E-state index is 11.3. The van der Waals surface area contributed by atoms with Gasteiger partial charge in [0.25, 0.3) is 0 Å². The summed E-state index contributed by atoms with van der Waals surface area (Å²) >= 11 is 5.36. The lowest BCUT2D eigenvalue weighted by molar-refractivity contribution is -0.119. The van der Waals surface area contributed by atoms with Crippen LogP contribution < -0.4 is 5.32 Å². The molecule has 1 N–H and O–H groups in total. The van der Waals surface area contributed by atoms with Gasteiger partial charge in [-0.25, -0.2) is 4.79 Å². The second-order valence-electron chi connectivity index (χ2n) is 2.91. The molecule has 0 spiro atoms. The molecule has 0 aliphatic carbocycles. The molecule has 0 aromatic rings. The highest BCUT2D eigenvalue weighted by Gasteiger charge is 2.11. The summed E-state index contributed by atoms with van der Waals surface area (Å²) in [6, 6.07) is -0.426. The molecule has 0 bridgehead atoms. The molecular weight excluding hydrogens is 220 g/mol. The number of imide groups is 1. The second-order valence-corrected chi connectivity index (χ2v) is 3.29. The summed E-state index contributed by atoms with van der Waals surface area (Å²) in [6.07, 6.45) is 0.145. The molecule has 0 heterocycles. The smallest absolute Gasteiger partial charge is 0.323 e. The molecule has 0 saturated carbocycles. The quantitative estimate of drug-likeness (QED) is 0.549. The molecule has 0 aromatic heterocycles. The third-order valence-electron chi connectivity index (χ3n) is 1.69. The van der Waals surface area contributed by atoms with E-state index >= 15 is 0 Å². The molecule has 3 amide bonds. The summed E-state index contributed by atoms with van der Waals surface area (Å²) in [5.41, 5.74) is 0. The minimum atomic E-state index is -0.426. The molecule has 0 fully saturated rings. The number of nitrogens with one attached hydrogen (secondary N) is 1. The number of nitrogens with zero attached hydrogens (tertiary/aromatic N) is 1. The number of rotatable bonds is 6. The maximum Gasteiger partial charge on any atom is 0.323 e. The van der Waals surface area contributed by atoms with Gasteiger partial charge >= 0.3 is 6.03 Å². The molecule has 0 unspecified atom stereocenters. The van der Waals surface area contributed by atoms with Gasteiger partial charge in [0.05, 0.1) is 6.61 Å². The first-order valence-corrected chi connectivity index (χ1v) is 5.34. The van der Waals surface area contributed by atoms with Crippen molar-refractivity contribution in [3.8, 4) is 0 Å². The standard InChI is InChI=1S/C9H17ClN2O3/c1-3-15-7-6-12(2)9(14)11-8(13)4-5-10/h3-7H2,1-2H3,(H,11,13,14). The van der Waals surface area contributed by atoms with Gasteiger partial charge in [-0.2, -0.15) is 0 Å². The van der Waals surface area contributed by atoms with Crippen LogP contribution in [-0.4, -0.2) is 49.5 Å². The Morgan fingerprint density at radius 2 is 2.13 bits per heavy atom. The lowest BCUT2D eigenvalue weighted by atomic mass is 10.4. The van der Waals surface area contributed by atoms with Gasteiger partial charge in [0.2, 0.25) is 5.91 Å². The maximum absolute atomic E-state index is 11.3. The van der Waals surface area contributed by atoms with Crippen molar-refractivity contribution in [2.24, 2.45) is 0 Å². The van der Waals surface area contributed by atoms with E-state index in [0.717, 1.165) is 0 Å². The van der Waals surface area contributed by atoms with Crippen LogP contribution in [0.5, 0.6) is 0 Å². The highest BCUT2D eigenvalue weighted by Crippen LogP contribution is 1.88. The van der Waals surface area contributed by atoms with E-state index < -0.39 is 6.03 Å². The van der Waals surface area contributed by atoms with Crippen LogP contribution in [0.15, 0.2) is 0 Å². The monoisotopic (exact) mass is 236 g/mol. The first-order chi connectivity index (χ1) is 7.11. The SMILES string of the molecule is CCOCCN(C)C(=O)NC(=O)CCCl. The summed E-state index contributed by atoms with van der Waals surface area (Å²) in [5, 5.41) is 2.22. The van der Waals surface area contributed by atoms with Crippen LogP contribution >= 0.6 is 11.6 Å². The Balaban J connectivity index is 3.73. The molecule has 0 rings (SSSR count). The van der Waals surface area contributed by atoms with E-state index in [9.17, 15) is 9.59 Å². The van der Waals surface area contributed by atoms with Gasteiger partial charge in [0, 0.05) is 32.5 Å². The van der Waals surface area contributed by atoms with Gasteiger partial charge in [-0.15, -0.1) is 11.6 Å². The molecule has 0 aliphatic heterocycles. The number of hydrogen-bond acceptors (Lipinski definition) is 3. The highest BCUT2D eigenvalue weighted by molar-refractivity contribution is 6.19. The number of ether oxygens (including phenoxy) is 1. The van der Waals surface area contributed by atoms with Crippen LogP contribution in [0, 0.1) is 0 Å². The van der Waals surface area contributed by atoms with Crippen molar-refractivity contribution >= 4 is 23.5 Å². The largest absolute Gasteiger partial charge is 0.380 e. The minimum Gasteiger partial charge on any atom is -0.380 e. The van der Waals surface area contributed by atoms with Crippen LogP contribution in [0.4, 0.5) is 4.79 Å². The molecule has 88 valence electrons. The fourth-order valence-electron chi connectivity index (χ4n) is 0.810. The summed E-state index contributed by atoms with van der Waals surface area (Å²) < 4.78 is 5.08. The lowest BCUT2D eigenvalue weighted by Crippen LogP contribution is -2.42. The number of likely N-dealkylation sites (N-methyl/N-ethyl adjacent to an activating group) is 1. The Bertz CT molecular complexity index is 212. The van der Waals surface area contributed by atoms with E-state index in [1.807, 2.05) is 6.92 Å². The average molecular weight is 237 g/mol. The van der Waals surface area contributed by atoms with Crippen molar-refractivity contribution in [3.63, 3.8) is 0 Å². The molecular formula is C9H17ClN2O3. The van der Waals surface area contributed by atoms with E-state index in [4.69, 9.17) is 16.3 Å². The molecule has 15 heavy (non-hydrogen) atoms. The van der Waals surface area contributed by atoms with Crippen LogP contribution in [-0.2, 0) is 9.53 Å². The molecule has 0 radical (unpaired) electrons. The number of alkyl halides is 1.